The lowest BCUT2D eigenvalue weighted by Gasteiger charge is -2.01. The van der Waals surface area contributed by atoms with Gasteiger partial charge in [-0.3, -0.25) is 4.79 Å². The van der Waals surface area contributed by atoms with Crippen LogP contribution in [0.1, 0.15) is 34.5 Å². The van der Waals surface area contributed by atoms with Crippen LogP contribution in [0.5, 0.6) is 0 Å². The third-order valence-corrected chi connectivity index (χ3v) is 4.26. The molecule has 0 unspecified atom stereocenters. The summed E-state index contributed by atoms with van der Waals surface area (Å²) in [5.74, 6) is 2.30. The van der Waals surface area contributed by atoms with Gasteiger partial charge in [0.2, 0.25) is 11.8 Å². The van der Waals surface area contributed by atoms with Gasteiger partial charge in [-0.1, -0.05) is 0 Å². The van der Waals surface area contributed by atoms with Gasteiger partial charge in [-0.15, -0.1) is 21.5 Å². The largest absolute Gasteiger partial charge is 0.466 e. The van der Waals surface area contributed by atoms with E-state index in [1.807, 2.05) is 32.2 Å². The van der Waals surface area contributed by atoms with Crippen molar-refractivity contribution in [1.29, 1.82) is 0 Å². The Bertz CT molecular complexity index is 849. The topological polar surface area (TPSA) is 94.1 Å². The third-order valence-electron chi connectivity index (χ3n) is 3.44. The van der Waals surface area contributed by atoms with E-state index in [4.69, 9.17) is 8.83 Å². The molecule has 0 radical (unpaired) electrons. The SMILES string of the molecule is Cc1cc(-c2nnc(CCC(=O)NCc3csc(C)n3)o2)c(C)o1. The summed E-state index contributed by atoms with van der Waals surface area (Å²) in [5, 5.41) is 13.8. The first kappa shape index (κ1) is 16.4. The number of nitrogens with zero attached hydrogens (tertiary/aromatic N) is 3. The van der Waals surface area contributed by atoms with Crippen molar-refractivity contribution in [3.63, 3.8) is 0 Å². The van der Waals surface area contributed by atoms with Gasteiger partial charge in [-0.25, -0.2) is 4.98 Å². The van der Waals surface area contributed by atoms with Crippen LogP contribution in [0.2, 0.25) is 0 Å². The molecule has 7 nitrogen and oxygen atoms in total. The Morgan fingerprint density at radius 1 is 1.25 bits per heavy atom. The molecule has 0 saturated heterocycles. The van der Waals surface area contributed by atoms with Gasteiger partial charge >= 0.3 is 0 Å². The lowest BCUT2D eigenvalue weighted by Crippen LogP contribution is -2.23. The second-order valence-electron chi connectivity index (χ2n) is 5.46. The Morgan fingerprint density at radius 3 is 2.75 bits per heavy atom. The highest BCUT2D eigenvalue weighted by Gasteiger charge is 2.15. The number of hydrogen-bond acceptors (Lipinski definition) is 7. The first-order chi connectivity index (χ1) is 11.5. The molecule has 0 bridgehead atoms. The summed E-state index contributed by atoms with van der Waals surface area (Å²) in [5.41, 5.74) is 1.66. The average Bonchev–Trinajstić information content (AvgIpc) is 3.23. The Balaban J connectivity index is 1.51. The zero-order chi connectivity index (χ0) is 17.1. The number of hydrogen-bond donors (Lipinski definition) is 1. The van der Waals surface area contributed by atoms with Crippen molar-refractivity contribution in [2.45, 2.75) is 40.2 Å². The number of nitrogens with one attached hydrogen (secondary N) is 1. The summed E-state index contributed by atoms with van der Waals surface area (Å²) in [4.78, 5) is 16.2. The highest BCUT2D eigenvalue weighted by molar-refractivity contribution is 7.09. The van der Waals surface area contributed by atoms with E-state index in [9.17, 15) is 4.79 Å². The van der Waals surface area contributed by atoms with Crippen LogP contribution in [0.15, 0.2) is 20.3 Å². The molecule has 0 aliphatic carbocycles. The van der Waals surface area contributed by atoms with Crippen LogP contribution in [0.25, 0.3) is 11.5 Å². The van der Waals surface area contributed by atoms with Gasteiger partial charge in [0.15, 0.2) is 0 Å². The van der Waals surface area contributed by atoms with Crippen molar-refractivity contribution in [1.82, 2.24) is 20.5 Å². The molecular weight excluding hydrogens is 328 g/mol. The Hall–Kier alpha value is -2.48. The van der Waals surface area contributed by atoms with Crippen LogP contribution in [0.3, 0.4) is 0 Å². The molecule has 1 amide bonds. The standard InChI is InChI=1S/C16H18N4O3S/c1-9-6-13(10(2)22-9)16-20-19-15(23-16)5-4-14(21)17-7-12-8-24-11(3)18-12/h6,8H,4-5,7H2,1-3H3,(H,17,21). The van der Waals surface area contributed by atoms with Crippen molar-refractivity contribution in [2.75, 3.05) is 0 Å². The van der Waals surface area contributed by atoms with Gasteiger partial charge < -0.3 is 14.2 Å². The van der Waals surface area contributed by atoms with E-state index in [2.05, 4.69) is 20.5 Å². The van der Waals surface area contributed by atoms with E-state index in [0.717, 1.165) is 27.8 Å². The van der Waals surface area contributed by atoms with Crippen molar-refractivity contribution in [2.24, 2.45) is 0 Å². The van der Waals surface area contributed by atoms with E-state index < -0.39 is 0 Å². The molecule has 0 atom stereocenters. The summed E-state index contributed by atoms with van der Waals surface area (Å²) in [7, 11) is 0. The van der Waals surface area contributed by atoms with Gasteiger partial charge in [0.1, 0.15) is 11.5 Å². The van der Waals surface area contributed by atoms with Crippen LogP contribution in [-0.4, -0.2) is 21.1 Å². The second-order valence-corrected chi connectivity index (χ2v) is 6.52. The highest BCUT2D eigenvalue weighted by atomic mass is 32.1. The second kappa shape index (κ2) is 6.96. The summed E-state index contributed by atoms with van der Waals surface area (Å²) in [6.45, 7) is 6.08. The molecule has 0 spiro atoms. The molecular formula is C16H18N4O3S. The Labute approximate surface area is 143 Å². The summed E-state index contributed by atoms with van der Waals surface area (Å²) in [6, 6.07) is 1.86. The molecule has 0 aliphatic rings. The fourth-order valence-corrected chi connectivity index (χ4v) is 2.91. The molecule has 0 aromatic carbocycles. The van der Waals surface area contributed by atoms with E-state index in [1.54, 1.807) is 11.3 Å². The highest BCUT2D eigenvalue weighted by Crippen LogP contribution is 2.25. The number of thiazole rings is 1. The van der Waals surface area contributed by atoms with E-state index in [0.29, 0.717) is 24.7 Å². The molecule has 1 N–H and O–H groups in total. The molecule has 24 heavy (non-hydrogen) atoms. The normalized spacial score (nSPS) is 11.0. The maximum absolute atomic E-state index is 11.9. The minimum absolute atomic E-state index is 0.0734. The smallest absolute Gasteiger partial charge is 0.251 e. The fraction of sp³-hybridized carbons (Fsp3) is 0.375. The quantitative estimate of drug-likeness (QED) is 0.737. The van der Waals surface area contributed by atoms with Gasteiger partial charge in [-0.05, 0) is 26.8 Å². The van der Waals surface area contributed by atoms with E-state index >= 15 is 0 Å². The van der Waals surface area contributed by atoms with Crippen LogP contribution in [-0.2, 0) is 17.8 Å². The molecule has 8 heteroatoms. The van der Waals surface area contributed by atoms with Crippen LogP contribution in [0.4, 0.5) is 0 Å². The van der Waals surface area contributed by atoms with Crippen LogP contribution < -0.4 is 5.32 Å². The van der Waals surface area contributed by atoms with E-state index in [1.165, 1.54) is 0 Å². The van der Waals surface area contributed by atoms with Crippen molar-refractivity contribution < 1.29 is 13.6 Å². The van der Waals surface area contributed by atoms with Crippen LogP contribution in [0, 0.1) is 20.8 Å². The predicted octanol–water partition coefficient (Wildman–Crippen LogP) is 2.96. The van der Waals surface area contributed by atoms with Crippen molar-refractivity contribution in [3.8, 4) is 11.5 Å². The fourth-order valence-electron chi connectivity index (χ4n) is 2.29. The molecule has 126 valence electrons. The minimum Gasteiger partial charge on any atom is -0.466 e. The molecule has 3 rings (SSSR count). The predicted molar refractivity (Wildman–Crippen MR) is 88.5 cm³/mol. The minimum atomic E-state index is -0.0734. The summed E-state index contributed by atoms with van der Waals surface area (Å²) < 4.78 is 11.1. The number of amides is 1. The van der Waals surface area contributed by atoms with E-state index in [-0.39, 0.29) is 12.3 Å². The van der Waals surface area contributed by atoms with Gasteiger partial charge in [0.05, 0.1) is 22.8 Å². The van der Waals surface area contributed by atoms with Gasteiger partial charge in [0, 0.05) is 18.2 Å². The average molecular weight is 346 g/mol. The summed E-state index contributed by atoms with van der Waals surface area (Å²) in [6.07, 6.45) is 0.680. The molecule has 3 heterocycles. The third kappa shape index (κ3) is 3.88. The number of rotatable bonds is 6. The molecule has 3 aromatic rings. The van der Waals surface area contributed by atoms with Crippen molar-refractivity contribution in [3.05, 3.63) is 39.6 Å². The molecule has 0 saturated carbocycles. The van der Waals surface area contributed by atoms with Crippen LogP contribution >= 0.6 is 11.3 Å². The zero-order valence-electron chi connectivity index (χ0n) is 13.8. The first-order valence-corrected chi connectivity index (χ1v) is 8.46. The maximum Gasteiger partial charge on any atom is 0.251 e. The van der Waals surface area contributed by atoms with Gasteiger partial charge in [0.25, 0.3) is 5.89 Å². The number of aromatic nitrogens is 3. The zero-order valence-corrected chi connectivity index (χ0v) is 14.6. The lowest BCUT2D eigenvalue weighted by molar-refractivity contribution is -0.121. The Morgan fingerprint density at radius 2 is 2.08 bits per heavy atom. The first-order valence-electron chi connectivity index (χ1n) is 7.59. The number of carbonyl (C=O) groups is 1. The number of aryl methyl sites for hydroxylation is 4. The van der Waals surface area contributed by atoms with Gasteiger partial charge in [-0.2, -0.15) is 0 Å². The molecule has 0 fully saturated rings. The molecule has 0 aliphatic heterocycles. The number of carbonyl (C=O) groups excluding carboxylic acids is 1. The lowest BCUT2D eigenvalue weighted by atomic mass is 10.2. The summed E-state index contributed by atoms with van der Waals surface area (Å²) >= 11 is 1.57. The molecule has 3 aromatic heterocycles. The number of furan rings is 1. The van der Waals surface area contributed by atoms with Crippen molar-refractivity contribution >= 4 is 17.2 Å². The Kier molecular flexibility index (Phi) is 4.75. The monoisotopic (exact) mass is 346 g/mol. The maximum atomic E-state index is 11.9.